The number of nitrogens with two attached hydrogens (primary N) is 1. The van der Waals surface area contributed by atoms with E-state index in [1.807, 2.05) is 0 Å². The van der Waals surface area contributed by atoms with Crippen LogP contribution in [0, 0.1) is 0 Å². The molecule has 0 aliphatic carbocycles. The van der Waals surface area contributed by atoms with Gasteiger partial charge in [-0.2, -0.15) is 5.10 Å². The Morgan fingerprint density at radius 3 is 2.78 bits per heavy atom. The molecule has 8 heteroatoms. The monoisotopic (exact) mass is 268 g/mol. The highest BCUT2D eigenvalue weighted by atomic mass is 32.2. The number of benzene rings is 1. The van der Waals surface area contributed by atoms with Gasteiger partial charge in [0.05, 0.1) is 24.7 Å². The summed E-state index contributed by atoms with van der Waals surface area (Å²) in [6.45, 7) is 0. The molecule has 1 aromatic carbocycles. The first-order valence-electron chi connectivity index (χ1n) is 4.98. The number of aromatic nitrogens is 2. The molecule has 0 radical (unpaired) electrons. The van der Waals surface area contributed by atoms with Crippen molar-refractivity contribution in [2.24, 2.45) is 0 Å². The summed E-state index contributed by atoms with van der Waals surface area (Å²) in [4.78, 5) is -0.00972. The van der Waals surface area contributed by atoms with Gasteiger partial charge in [-0.25, -0.2) is 8.42 Å². The summed E-state index contributed by atoms with van der Waals surface area (Å²) in [5.74, 6) is 0.495. The summed E-state index contributed by atoms with van der Waals surface area (Å²) in [5, 5.41) is 6.16. The highest BCUT2D eigenvalue weighted by Gasteiger charge is 2.18. The van der Waals surface area contributed by atoms with E-state index < -0.39 is 10.0 Å². The SMILES string of the molecule is COc1ccc(S(=O)(=O)Nc2cn[nH]c2)c(N)c1. The van der Waals surface area contributed by atoms with Crippen molar-refractivity contribution in [3.63, 3.8) is 0 Å². The molecule has 2 aromatic rings. The van der Waals surface area contributed by atoms with E-state index in [9.17, 15) is 8.42 Å². The first kappa shape index (κ1) is 12.2. The molecular weight excluding hydrogens is 256 g/mol. The van der Waals surface area contributed by atoms with Crippen LogP contribution < -0.4 is 15.2 Å². The molecule has 18 heavy (non-hydrogen) atoms. The number of H-pyrrole nitrogens is 1. The molecule has 7 nitrogen and oxygen atoms in total. The predicted octanol–water partition coefficient (Wildman–Crippen LogP) is 0.801. The summed E-state index contributed by atoms with van der Waals surface area (Å²) in [6.07, 6.45) is 2.79. The van der Waals surface area contributed by atoms with Crippen LogP contribution in [0.15, 0.2) is 35.5 Å². The molecule has 0 aliphatic rings. The van der Waals surface area contributed by atoms with Crippen LogP contribution in [0.2, 0.25) is 0 Å². The smallest absolute Gasteiger partial charge is 0.264 e. The second kappa shape index (κ2) is 4.57. The number of rotatable bonds is 4. The lowest BCUT2D eigenvalue weighted by atomic mass is 10.3. The van der Waals surface area contributed by atoms with Crippen LogP contribution in [0.3, 0.4) is 0 Å². The average Bonchev–Trinajstić information content (AvgIpc) is 2.80. The van der Waals surface area contributed by atoms with E-state index in [-0.39, 0.29) is 10.6 Å². The summed E-state index contributed by atoms with van der Waals surface area (Å²) < 4.78 is 31.4. The molecule has 96 valence electrons. The maximum Gasteiger partial charge on any atom is 0.264 e. The van der Waals surface area contributed by atoms with Crippen LogP contribution in [0.4, 0.5) is 11.4 Å². The van der Waals surface area contributed by atoms with E-state index in [0.29, 0.717) is 11.4 Å². The fraction of sp³-hybridized carbons (Fsp3) is 0.100. The van der Waals surface area contributed by atoms with Gasteiger partial charge < -0.3 is 10.5 Å². The Balaban J connectivity index is 2.35. The summed E-state index contributed by atoms with van der Waals surface area (Å²) in [6, 6.07) is 4.36. The summed E-state index contributed by atoms with van der Waals surface area (Å²) >= 11 is 0. The molecule has 0 unspecified atom stereocenters. The zero-order valence-corrected chi connectivity index (χ0v) is 10.4. The van der Waals surface area contributed by atoms with Gasteiger partial charge in [0.2, 0.25) is 0 Å². The van der Waals surface area contributed by atoms with Crippen molar-refractivity contribution in [2.75, 3.05) is 17.6 Å². The maximum absolute atomic E-state index is 12.0. The lowest BCUT2D eigenvalue weighted by molar-refractivity contribution is 0.414. The Hall–Kier alpha value is -2.22. The third-order valence-electron chi connectivity index (χ3n) is 2.26. The first-order valence-corrected chi connectivity index (χ1v) is 6.46. The molecule has 0 saturated heterocycles. The number of nitrogens with one attached hydrogen (secondary N) is 2. The quantitative estimate of drug-likeness (QED) is 0.710. The number of nitrogen functional groups attached to an aromatic ring is 1. The van der Waals surface area contributed by atoms with Gasteiger partial charge in [-0.3, -0.25) is 9.82 Å². The average molecular weight is 268 g/mol. The van der Waals surface area contributed by atoms with Gasteiger partial charge in [0, 0.05) is 12.3 Å². The maximum atomic E-state index is 12.0. The molecule has 1 aromatic heterocycles. The number of methoxy groups -OCH3 is 1. The van der Waals surface area contributed by atoms with Crippen molar-refractivity contribution in [1.82, 2.24) is 10.2 Å². The van der Waals surface area contributed by atoms with Crippen molar-refractivity contribution in [1.29, 1.82) is 0 Å². The Bertz CT molecular complexity index is 637. The van der Waals surface area contributed by atoms with Crippen molar-refractivity contribution >= 4 is 21.4 Å². The van der Waals surface area contributed by atoms with E-state index in [2.05, 4.69) is 14.9 Å². The molecule has 1 heterocycles. The van der Waals surface area contributed by atoms with Crippen LogP contribution in [-0.4, -0.2) is 25.7 Å². The molecule has 2 rings (SSSR count). The highest BCUT2D eigenvalue weighted by Crippen LogP contribution is 2.25. The summed E-state index contributed by atoms with van der Waals surface area (Å²) in [5.41, 5.74) is 6.14. The van der Waals surface area contributed by atoms with Gasteiger partial charge in [0.25, 0.3) is 10.0 Å². The molecule has 0 spiro atoms. The van der Waals surface area contributed by atoms with E-state index in [0.717, 1.165) is 0 Å². The van der Waals surface area contributed by atoms with Crippen molar-refractivity contribution < 1.29 is 13.2 Å². The third kappa shape index (κ3) is 2.38. The standard InChI is InChI=1S/C10H12N4O3S/c1-17-8-2-3-10(9(11)4-8)18(15,16)14-7-5-12-13-6-7/h2-6,14H,11H2,1H3,(H,12,13). The van der Waals surface area contributed by atoms with Crippen LogP contribution in [-0.2, 0) is 10.0 Å². The van der Waals surface area contributed by atoms with E-state index >= 15 is 0 Å². The van der Waals surface area contributed by atoms with Gasteiger partial charge >= 0.3 is 0 Å². The van der Waals surface area contributed by atoms with Crippen molar-refractivity contribution in [2.45, 2.75) is 4.90 Å². The Labute approximate surface area is 104 Å². The number of nitrogens with zero attached hydrogens (tertiary/aromatic N) is 1. The topological polar surface area (TPSA) is 110 Å². The molecule has 0 amide bonds. The molecule has 0 saturated carbocycles. The van der Waals surface area contributed by atoms with Crippen LogP contribution >= 0.6 is 0 Å². The number of anilines is 2. The molecular formula is C10H12N4O3S. The number of hydrogen-bond donors (Lipinski definition) is 3. The normalized spacial score (nSPS) is 11.2. The zero-order chi connectivity index (χ0) is 13.2. The number of aromatic amines is 1. The second-order valence-corrected chi connectivity index (χ2v) is 5.15. The molecule has 0 atom stereocenters. The van der Waals surface area contributed by atoms with Gasteiger partial charge in [-0.15, -0.1) is 0 Å². The van der Waals surface area contributed by atoms with E-state index in [1.165, 1.54) is 37.7 Å². The predicted molar refractivity (Wildman–Crippen MR) is 66.8 cm³/mol. The van der Waals surface area contributed by atoms with E-state index in [4.69, 9.17) is 10.5 Å². The minimum atomic E-state index is -3.73. The second-order valence-electron chi connectivity index (χ2n) is 3.50. The number of ether oxygens (including phenoxy) is 1. The fourth-order valence-electron chi connectivity index (χ4n) is 1.42. The Morgan fingerprint density at radius 1 is 1.44 bits per heavy atom. The van der Waals surface area contributed by atoms with Gasteiger partial charge in [0.1, 0.15) is 10.6 Å². The van der Waals surface area contributed by atoms with Gasteiger partial charge in [0.15, 0.2) is 0 Å². The Morgan fingerprint density at radius 2 is 2.22 bits per heavy atom. The number of hydrogen-bond acceptors (Lipinski definition) is 5. The number of sulfonamides is 1. The zero-order valence-electron chi connectivity index (χ0n) is 9.54. The first-order chi connectivity index (χ1) is 8.53. The highest BCUT2D eigenvalue weighted by molar-refractivity contribution is 7.92. The molecule has 4 N–H and O–H groups in total. The Kier molecular flexibility index (Phi) is 3.11. The molecule has 0 bridgehead atoms. The van der Waals surface area contributed by atoms with Crippen LogP contribution in [0.25, 0.3) is 0 Å². The minimum absolute atomic E-state index is 0.00972. The van der Waals surface area contributed by atoms with Gasteiger partial charge in [-0.05, 0) is 12.1 Å². The van der Waals surface area contributed by atoms with Gasteiger partial charge in [-0.1, -0.05) is 0 Å². The van der Waals surface area contributed by atoms with Crippen molar-refractivity contribution in [3.8, 4) is 5.75 Å². The lowest BCUT2D eigenvalue weighted by Gasteiger charge is -2.09. The molecule has 0 aliphatic heterocycles. The van der Waals surface area contributed by atoms with Crippen LogP contribution in [0.1, 0.15) is 0 Å². The van der Waals surface area contributed by atoms with E-state index in [1.54, 1.807) is 0 Å². The fourth-order valence-corrected chi connectivity index (χ4v) is 2.56. The van der Waals surface area contributed by atoms with Crippen molar-refractivity contribution in [3.05, 3.63) is 30.6 Å². The minimum Gasteiger partial charge on any atom is -0.497 e. The third-order valence-corrected chi connectivity index (χ3v) is 3.71. The molecule has 0 fully saturated rings. The largest absolute Gasteiger partial charge is 0.497 e. The van der Waals surface area contributed by atoms with Crippen LogP contribution in [0.5, 0.6) is 5.75 Å². The lowest BCUT2D eigenvalue weighted by Crippen LogP contribution is -2.14. The summed E-state index contributed by atoms with van der Waals surface area (Å²) in [7, 11) is -2.25.